The molecule has 1 aromatic rings. The van der Waals surface area contributed by atoms with Crippen molar-refractivity contribution in [2.24, 2.45) is 7.05 Å². The van der Waals surface area contributed by atoms with Crippen molar-refractivity contribution < 1.29 is 13.2 Å². The van der Waals surface area contributed by atoms with Crippen LogP contribution >= 0.6 is 0 Å². The average Bonchev–Trinajstić information content (AvgIpc) is 2.84. The third kappa shape index (κ3) is 3.49. The predicted octanol–water partition coefficient (Wildman–Crippen LogP) is -0.470. The number of ether oxygens (including phenoxy) is 1. The van der Waals surface area contributed by atoms with Gasteiger partial charge in [-0.1, -0.05) is 0 Å². The summed E-state index contributed by atoms with van der Waals surface area (Å²) in [6, 6.07) is -0.378. The Kier molecular flexibility index (Phi) is 5.23. The van der Waals surface area contributed by atoms with Gasteiger partial charge in [0.25, 0.3) is 10.2 Å². The van der Waals surface area contributed by atoms with Gasteiger partial charge >= 0.3 is 0 Å². The first-order valence-corrected chi connectivity index (χ1v) is 8.57. The number of aryl methyl sites for hydroxylation is 1. The number of rotatable bonds is 5. The molecule has 9 heteroatoms. The summed E-state index contributed by atoms with van der Waals surface area (Å²) in [7, 11) is 5.28. The van der Waals surface area contributed by atoms with E-state index in [4.69, 9.17) is 4.74 Å². The molecule has 1 aromatic heterocycles. The first kappa shape index (κ1) is 17.4. The lowest BCUT2D eigenvalue weighted by Crippen LogP contribution is -2.53. The summed E-state index contributed by atoms with van der Waals surface area (Å²) in [5.41, 5.74) is 0.847. The van der Waals surface area contributed by atoms with E-state index in [0.29, 0.717) is 19.7 Å². The van der Waals surface area contributed by atoms with Crippen LogP contribution in [0.25, 0.3) is 0 Å². The molecule has 2 heterocycles. The molecule has 0 unspecified atom stereocenters. The van der Waals surface area contributed by atoms with Gasteiger partial charge in [0.15, 0.2) is 0 Å². The van der Waals surface area contributed by atoms with Gasteiger partial charge in [0.05, 0.1) is 24.9 Å². The van der Waals surface area contributed by atoms with E-state index in [0.717, 1.165) is 5.56 Å². The molecular formula is C13H25N5O3S. The SMILES string of the molecule is CN(C)C[C@@H]1OCCN(S(=O)(=O)N(C)C)[C@H]1c1cnn(C)c1. The molecule has 0 aliphatic carbocycles. The van der Waals surface area contributed by atoms with Crippen LogP contribution in [0.4, 0.5) is 0 Å². The van der Waals surface area contributed by atoms with Crippen LogP contribution in [-0.4, -0.2) is 85.7 Å². The second kappa shape index (κ2) is 6.63. The van der Waals surface area contributed by atoms with Crippen molar-refractivity contribution in [2.45, 2.75) is 12.1 Å². The summed E-state index contributed by atoms with van der Waals surface area (Å²) in [5, 5.41) is 4.18. The maximum atomic E-state index is 12.7. The molecule has 1 saturated heterocycles. The standard InChI is InChI=1S/C13H25N5O3S/c1-15(2)10-12-13(11-8-14-17(5)9-11)18(6-7-21-12)22(19,20)16(3)4/h8-9,12-13H,6-7,10H2,1-5H3/t12-,13-/m0/s1. The van der Waals surface area contributed by atoms with E-state index < -0.39 is 10.2 Å². The molecule has 1 fully saturated rings. The first-order chi connectivity index (χ1) is 10.2. The Labute approximate surface area is 132 Å². The lowest BCUT2D eigenvalue weighted by molar-refractivity contribution is -0.0527. The van der Waals surface area contributed by atoms with Crippen LogP contribution in [0.15, 0.2) is 12.4 Å². The van der Waals surface area contributed by atoms with Gasteiger partial charge in [0.2, 0.25) is 0 Å². The van der Waals surface area contributed by atoms with Crippen LogP contribution in [0.5, 0.6) is 0 Å². The van der Waals surface area contributed by atoms with Crippen molar-refractivity contribution in [3.8, 4) is 0 Å². The number of likely N-dealkylation sites (N-methyl/N-ethyl adjacent to an activating group) is 1. The number of hydrogen-bond acceptors (Lipinski definition) is 5. The minimum atomic E-state index is -3.53. The molecule has 8 nitrogen and oxygen atoms in total. The van der Waals surface area contributed by atoms with Crippen molar-refractivity contribution in [1.82, 2.24) is 23.3 Å². The number of morpholine rings is 1. The highest BCUT2D eigenvalue weighted by Crippen LogP contribution is 2.32. The summed E-state index contributed by atoms with van der Waals surface area (Å²) >= 11 is 0. The zero-order chi connectivity index (χ0) is 16.5. The molecule has 0 N–H and O–H groups in total. The Balaban J connectivity index is 2.42. The third-order valence-corrected chi connectivity index (χ3v) is 5.60. The number of hydrogen-bond donors (Lipinski definition) is 0. The molecule has 0 spiro atoms. The molecule has 126 valence electrons. The molecule has 1 aliphatic heterocycles. The van der Waals surface area contributed by atoms with Gasteiger partial charge in [-0.25, -0.2) is 0 Å². The van der Waals surface area contributed by atoms with E-state index in [1.54, 1.807) is 25.0 Å². The minimum absolute atomic E-state index is 0.234. The Morgan fingerprint density at radius 3 is 2.55 bits per heavy atom. The van der Waals surface area contributed by atoms with Crippen molar-refractivity contribution >= 4 is 10.2 Å². The maximum Gasteiger partial charge on any atom is 0.282 e. The van der Waals surface area contributed by atoms with Crippen LogP contribution in [0.3, 0.4) is 0 Å². The summed E-state index contributed by atoms with van der Waals surface area (Å²) < 4.78 is 35.6. The van der Waals surface area contributed by atoms with Gasteiger partial charge in [-0.15, -0.1) is 0 Å². The molecule has 2 atom stereocenters. The van der Waals surface area contributed by atoms with Crippen molar-refractivity contribution in [2.75, 3.05) is 47.9 Å². The number of nitrogens with zero attached hydrogens (tertiary/aromatic N) is 5. The van der Waals surface area contributed by atoms with Crippen LogP contribution in [-0.2, 0) is 22.0 Å². The summed E-state index contributed by atoms with van der Waals surface area (Å²) in [5.74, 6) is 0. The van der Waals surface area contributed by atoms with E-state index in [1.807, 2.05) is 32.2 Å². The fraction of sp³-hybridized carbons (Fsp3) is 0.769. The van der Waals surface area contributed by atoms with Crippen molar-refractivity contribution in [3.05, 3.63) is 18.0 Å². The molecule has 0 saturated carbocycles. The van der Waals surface area contributed by atoms with Gasteiger partial charge in [-0.05, 0) is 14.1 Å². The summed E-state index contributed by atoms with van der Waals surface area (Å²) in [4.78, 5) is 2.00. The van der Waals surface area contributed by atoms with Crippen LogP contribution in [0.2, 0.25) is 0 Å². The fourth-order valence-corrected chi connectivity index (χ4v) is 3.93. The maximum absolute atomic E-state index is 12.7. The van der Waals surface area contributed by atoms with Crippen molar-refractivity contribution in [1.29, 1.82) is 0 Å². The molecular weight excluding hydrogens is 306 g/mol. The molecule has 0 bridgehead atoms. The predicted molar refractivity (Wildman–Crippen MR) is 83.6 cm³/mol. The number of aromatic nitrogens is 2. The topological polar surface area (TPSA) is 70.9 Å². The zero-order valence-electron chi connectivity index (χ0n) is 13.8. The normalized spacial score (nSPS) is 24.3. The monoisotopic (exact) mass is 331 g/mol. The van der Waals surface area contributed by atoms with Gasteiger partial charge in [-0.2, -0.15) is 22.1 Å². The highest BCUT2D eigenvalue weighted by molar-refractivity contribution is 7.86. The van der Waals surface area contributed by atoms with E-state index >= 15 is 0 Å². The van der Waals surface area contributed by atoms with Gasteiger partial charge in [0, 0.05) is 46.0 Å². The molecule has 2 rings (SSSR count). The lowest BCUT2D eigenvalue weighted by Gasteiger charge is -2.41. The fourth-order valence-electron chi connectivity index (χ4n) is 2.66. The summed E-state index contributed by atoms with van der Waals surface area (Å²) in [6.07, 6.45) is 3.32. The van der Waals surface area contributed by atoms with E-state index in [9.17, 15) is 8.42 Å². The molecule has 0 amide bonds. The van der Waals surface area contributed by atoms with Crippen LogP contribution in [0, 0.1) is 0 Å². The van der Waals surface area contributed by atoms with Gasteiger partial charge in [-0.3, -0.25) is 4.68 Å². The first-order valence-electron chi connectivity index (χ1n) is 7.17. The minimum Gasteiger partial charge on any atom is -0.373 e. The molecule has 1 aliphatic rings. The zero-order valence-corrected chi connectivity index (χ0v) is 14.6. The smallest absolute Gasteiger partial charge is 0.282 e. The second-order valence-corrected chi connectivity index (χ2v) is 8.06. The van der Waals surface area contributed by atoms with E-state index in [2.05, 4.69) is 5.10 Å². The summed E-state index contributed by atoms with van der Waals surface area (Å²) in [6.45, 7) is 1.37. The lowest BCUT2D eigenvalue weighted by atomic mass is 10.0. The molecule has 22 heavy (non-hydrogen) atoms. The van der Waals surface area contributed by atoms with Gasteiger partial charge < -0.3 is 9.64 Å². The Morgan fingerprint density at radius 2 is 2.05 bits per heavy atom. The quantitative estimate of drug-likeness (QED) is 0.729. The molecule has 0 radical (unpaired) electrons. The van der Waals surface area contributed by atoms with Crippen molar-refractivity contribution in [3.63, 3.8) is 0 Å². The van der Waals surface area contributed by atoms with Crippen LogP contribution in [0.1, 0.15) is 11.6 Å². The highest BCUT2D eigenvalue weighted by Gasteiger charge is 2.41. The van der Waals surface area contributed by atoms with E-state index in [-0.39, 0.29) is 12.1 Å². The third-order valence-electron chi connectivity index (χ3n) is 3.68. The molecule has 0 aromatic carbocycles. The second-order valence-electron chi connectivity index (χ2n) is 5.96. The van der Waals surface area contributed by atoms with E-state index in [1.165, 1.54) is 8.61 Å². The highest BCUT2D eigenvalue weighted by atomic mass is 32.2. The Hall–Kier alpha value is -1.00. The Bertz CT molecular complexity index is 599. The largest absolute Gasteiger partial charge is 0.373 e. The van der Waals surface area contributed by atoms with Crippen LogP contribution < -0.4 is 0 Å². The van der Waals surface area contributed by atoms with Gasteiger partial charge in [0.1, 0.15) is 0 Å². The Morgan fingerprint density at radius 1 is 1.36 bits per heavy atom. The average molecular weight is 331 g/mol.